The molecule has 1 aliphatic rings. The number of rotatable bonds is 6. The van der Waals surface area contributed by atoms with Crippen LogP contribution in [0.15, 0.2) is 41.9 Å². The lowest BCUT2D eigenvalue weighted by molar-refractivity contribution is -0.139. The van der Waals surface area contributed by atoms with E-state index in [1.807, 2.05) is 18.2 Å². The molecule has 1 aromatic rings. The average molecular weight is 437 g/mol. The third-order valence-electron chi connectivity index (χ3n) is 4.08. The van der Waals surface area contributed by atoms with Crippen LogP contribution in [0.4, 0.5) is 5.69 Å². The number of para-hydroxylation sites is 1. The minimum absolute atomic E-state index is 0.106. The maximum Gasteiger partial charge on any atom is 0.316 e. The van der Waals surface area contributed by atoms with Crippen LogP contribution in [0.1, 0.15) is 39.2 Å². The van der Waals surface area contributed by atoms with Crippen molar-refractivity contribution < 1.29 is 9.53 Å². The topological polar surface area (TPSA) is 41.9 Å². The zero-order valence-corrected chi connectivity index (χ0v) is 19.4. The molecule has 152 valence electrons. The molecule has 0 N–H and O–H groups in total. The molecule has 1 aliphatic heterocycles. The molecule has 0 saturated carbocycles. The summed E-state index contributed by atoms with van der Waals surface area (Å²) >= 11 is 8.69. The molecular weight excluding hydrogens is 408 g/mol. The van der Waals surface area contributed by atoms with E-state index in [1.54, 1.807) is 17.8 Å². The van der Waals surface area contributed by atoms with Gasteiger partial charge >= 0.3 is 5.97 Å². The van der Waals surface area contributed by atoms with Crippen molar-refractivity contribution in [2.45, 2.75) is 33.6 Å². The van der Waals surface area contributed by atoms with Gasteiger partial charge in [-0.25, -0.2) is 4.99 Å². The van der Waals surface area contributed by atoms with Crippen LogP contribution >= 0.6 is 35.7 Å². The average Bonchev–Trinajstić information content (AvgIpc) is 2.65. The summed E-state index contributed by atoms with van der Waals surface area (Å²) in [5, 5.41) is 0.893. The maximum atomic E-state index is 11.8. The molecule has 0 aliphatic carbocycles. The predicted octanol–water partition coefficient (Wildman–Crippen LogP) is 5.62. The zero-order chi connectivity index (χ0) is 20.7. The van der Waals surface area contributed by atoms with Gasteiger partial charge in [0.2, 0.25) is 0 Å². The number of thiocarbonyl (C=S) groups is 1. The van der Waals surface area contributed by atoms with E-state index in [4.69, 9.17) is 21.9 Å². The molecule has 1 aromatic carbocycles. The Morgan fingerprint density at radius 2 is 2.18 bits per heavy atom. The Morgan fingerprint density at radius 1 is 1.46 bits per heavy atom. The number of amidine groups is 1. The summed E-state index contributed by atoms with van der Waals surface area (Å²) in [5.41, 5.74) is 2.30. The van der Waals surface area contributed by atoms with Crippen molar-refractivity contribution in [3.63, 3.8) is 0 Å². The van der Waals surface area contributed by atoms with E-state index in [2.05, 4.69) is 45.2 Å². The highest BCUT2D eigenvalue weighted by atomic mass is 32.2. The number of hydrogen-bond acceptors (Lipinski definition) is 6. The minimum atomic E-state index is -0.292. The predicted molar refractivity (Wildman–Crippen MR) is 127 cm³/mol. The summed E-state index contributed by atoms with van der Waals surface area (Å²) in [6, 6.07) is 8.22. The first kappa shape index (κ1) is 23.0. The number of thioether (sulfide) groups is 2. The molecule has 1 saturated heterocycles. The second kappa shape index (κ2) is 10.5. The molecule has 28 heavy (non-hydrogen) atoms. The molecule has 0 aromatic heterocycles. The van der Waals surface area contributed by atoms with Crippen molar-refractivity contribution in [2.24, 2.45) is 10.4 Å². The van der Waals surface area contributed by atoms with Gasteiger partial charge in [-0.2, -0.15) is 0 Å². The van der Waals surface area contributed by atoms with Crippen molar-refractivity contribution in [1.82, 2.24) is 4.90 Å². The number of carbonyl (C=O) groups is 1. The van der Waals surface area contributed by atoms with Crippen LogP contribution in [0.5, 0.6) is 0 Å². The number of ether oxygens (including phenoxy) is 1. The lowest BCUT2D eigenvalue weighted by atomic mass is 9.96. The van der Waals surface area contributed by atoms with E-state index in [0.717, 1.165) is 23.2 Å². The molecule has 1 heterocycles. The zero-order valence-electron chi connectivity index (χ0n) is 16.9. The first-order valence-corrected chi connectivity index (χ1v) is 11.6. The molecule has 1 fully saturated rings. The Bertz CT molecular complexity index is 760. The first-order chi connectivity index (χ1) is 13.2. The lowest BCUT2D eigenvalue weighted by Crippen LogP contribution is -2.45. The Balaban J connectivity index is 2.21. The van der Waals surface area contributed by atoms with Gasteiger partial charge in [0.1, 0.15) is 10.9 Å². The molecule has 7 heteroatoms. The van der Waals surface area contributed by atoms with Crippen LogP contribution < -0.4 is 0 Å². The molecule has 0 atom stereocenters. The van der Waals surface area contributed by atoms with E-state index >= 15 is 0 Å². The quantitative estimate of drug-likeness (QED) is 0.327. The van der Waals surface area contributed by atoms with Crippen molar-refractivity contribution in [2.75, 3.05) is 24.7 Å². The van der Waals surface area contributed by atoms with Gasteiger partial charge in [-0.1, -0.05) is 94.3 Å². The molecule has 0 bridgehead atoms. The molecule has 0 spiro atoms. The van der Waals surface area contributed by atoms with Crippen LogP contribution in [0.25, 0.3) is 0 Å². The van der Waals surface area contributed by atoms with Crippen molar-refractivity contribution in [3.8, 4) is 0 Å². The number of carbonyl (C=O) groups excluding carboxylic acids is 1. The fourth-order valence-electron chi connectivity index (χ4n) is 2.69. The number of nitrogens with zero attached hydrogens (tertiary/aromatic N) is 2. The van der Waals surface area contributed by atoms with Gasteiger partial charge in [0.15, 0.2) is 5.17 Å². The van der Waals surface area contributed by atoms with Crippen molar-refractivity contribution in [3.05, 3.63) is 42.5 Å². The Morgan fingerprint density at radius 3 is 2.86 bits per heavy atom. The fourth-order valence-corrected chi connectivity index (χ4v) is 4.85. The van der Waals surface area contributed by atoms with E-state index in [9.17, 15) is 4.79 Å². The van der Waals surface area contributed by atoms with Crippen LogP contribution in [0.3, 0.4) is 0 Å². The SMILES string of the molecule is C=CCOC(=O)CSC(=S)N1CC(C)(C)CSC1=Nc1ccccc1C(C)C. The number of benzene rings is 1. The van der Waals surface area contributed by atoms with E-state index in [0.29, 0.717) is 10.2 Å². The summed E-state index contributed by atoms with van der Waals surface area (Å²) in [7, 11) is 0. The van der Waals surface area contributed by atoms with Gasteiger partial charge in [0.25, 0.3) is 0 Å². The Kier molecular flexibility index (Phi) is 8.58. The van der Waals surface area contributed by atoms with Gasteiger partial charge in [0.05, 0.1) is 11.4 Å². The first-order valence-electron chi connectivity index (χ1n) is 9.25. The molecule has 0 radical (unpaired) electrons. The highest BCUT2D eigenvalue weighted by Crippen LogP contribution is 2.35. The van der Waals surface area contributed by atoms with E-state index < -0.39 is 0 Å². The van der Waals surface area contributed by atoms with Gasteiger partial charge < -0.3 is 9.64 Å². The monoisotopic (exact) mass is 436 g/mol. The molecule has 0 unspecified atom stereocenters. The fraction of sp³-hybridized carbons (Fsp3) is 0.476. The van der Waals surface area contributed by atoms with E-state index in [1.165, 1.54) is 17.3 Å². The van der Waals surface area contributed by atoms with Gasteiger partial charge in [-0.05, 0) is 23.0 Å². The lowest BCUT2D eigenvalue weighted by Gasteiger charge is -2.39. The number of aliphatic imine (C=N–C) groups is 1. The van der Waals surface area contributed by atoms with Crippen LogP contribution in [0, 0.1) is 5.41 Å². The largest absolute Gasteiger partial charge is 0.461 e. The number of hydrogen-bond donors (Lipinski definition) is 0. The third kappa shape index (κ3) is 6.64. The summed E-state index contributed by atoms with van der Waals surface area (Å²) in [4.78, 5) is 18.8. The second-order valence-corrected chi connectivity index (χ2v) is 10.2. The number of esters is 1. The summed E-state index contributed by atoms with van der Waals surface area (Å²) < 4.78 is 5.69. The minimum Gasteiger partial charge on any atom is -0.461 e. The normalized spacial score (nSPS) is 17.6. The Hall–Kier alpha value is -1.31. The molecular formula is C21H28N2O2S3. The van der Waals surface area contributed by atoms with Crippen LogP contribution in [0.2, 0.25) is 0 Å². The summed E-state index contributed by atoms with van der Waals surface area (Å²) in [6.45, 7) is 13.3. The molecule has 2 rings (SSSR count). The van der Waals surface area contributed by atoms with Gasteiger partial charge in [0, 0.05) is 12.3 Å². The van der Waals surface area contributed by atoms with Gasteiger partial charge in [-0.15, -0.1) is 0 Å². The van der Waals surface area contributed by atoms with Crippen molar-refractivity contribution in [1.29, 1.82) is 0 Å². The Labute approximate surface area is 182 Å². The summed E-state index contributed by atoms with van der Waals surface area (Å²) in [6.07, 6.45) is 1.56. The van der Waals surface area contributed by atoms with Crippen molar-refractivity contribution >= 4 is 56.9 Å². The van der Waals surface area contributed by atoms with Crippen LogP contribution in [-0.4, -0.2) is 45.0 Å². The highest BCUT2D eigenvalue weighted by molar-refractivity contribution is 8.23. The highest BCUT2D eigenvalue weighted by Gasteiger charge is 2.33. The van der Waals surface area contributed by atoms with Gasteiger partial charge in [-0.3, -0.25) is 4.79 Å². The van der Waals surface area contributed by atoms with Crippen LogP contribution in [-0.2, 0) is 9.53 Å². The van der Waals surface area contributed by atoms with E-state index in [-0.39, 0.29) is 23.7 Å². The smallest absolute Gasteiger partial charge is 0.316 e. The standard InChI is InChI=1S/C21H28N2O2S3/c1-6-11-25-18(24)12-27-20(26)23-13-21(4,5)14-28-19(23)22-17-10-8-7-9-16(17)15(2)3/h6-10,15H,1,11-14H2,2-5H3. The molecule has 4 nitrogen and oxygen atoms in total. The molecule has 0 amide bonds. The second-order valence-electron chi connectivity index (χ2n) is 7.67. The third-order valence-corrected chi connectivity index (χ3v) is 7.00. The summed E-state index contributed by atoms with van der Waals surface area (Å²) in [5.74, 6) is 1.25. The maximum absolute atomic E-state index is 11.8.